The summed E-state index contributed by atoms with van der Waals surface area (Å²) in [6.07, 6.45) is 0. The van der Waals surface area contributed by atoms with E-state index >= 15 is 0 Å². The highest BCUT2D eigenvalue weighted by Gasteiger charge is 2.20. The van der Waals surface area contributed by atoms with Crippen LogP contribution in [0.25, 0.3) is 10.8 Å². The summed E-state index contributed by atoms with van der Waals surface area (Å²) < 4.78 is 30.5. The lowest BCUT2D eigenvalue weighted by Crippen LogP contribution is -2.14. The Morgan fingerprint density at radius 3 is 2.40 bits per heavy atom. The van der Waals surface area contributed by atoms with Crippen LogP contribution in [0.2, 0.25) is 10.0 Å². The van der Waals surface area contributed by atoms with Crippen LogP contribution >= 0.6 is 23.2 Å². The van der Waals surface area contributed by atoms with Crippen molar-refractivity contribution in [3.8, 4) is 0 Å². The molecule has 4 aromatic rings. The number of benzene rings is 3. The van der Waals surface area contributed by atoms with E-state index in [9.17, 15) is 8.42 Å². The van der Waals surface area contributed by atoms with Gasteiger partial charge in [0.25, 0.3) is 10.0 Å². The maximum Gasteiger partial charge on any atom is 0.262 e. The molecule has 0 bridgehead atoms. The number of anilines is 1. The van der Waals surface area contributed by atoms with Crippen LogP contribution in [0.15, 0.2) is 65.6 Å². The van der Waals surface area contributed by atoms with Crippen molar-refractivity contribution < 1.29 is 8.42 Å². The highest BCUT2D eigenvalue weighted by molar-refractivity contribution is 7.92. The Morgan fingerprint density at radius 1 is 0.933 bits per heavy atom. The number of nitrogens with one attached hydrogen (secondary N) is 1. The summed E-state index contributed by atoms with van der Waals surface area (Å²) in [5, 5.41) is 7.30. The van der Waals surface area contributed by atoms with Crippen LogP contribution in [-0.2, 0) is 16.6 Å². The quantitative estimate of drug-likeness (QED) is 0.409. The monoisotopic (exact) mass is 459 g/mol. The molecule has 0 saturated heterocycles. The smallest absolute Gasteiger partial charge is 0.262 e. The molecular weight excluding hydrogens is 441 g/mol. The van der Waals surface area contributed by atoms with E-state index in [2.05, 4.69) is 9.82 Å². The molecule has 1 heterocycles. The molecule has 30 heavy (non-hydrogen) atoms. The highest BCUT2D eigenvalue weighted by atomic mass is 35.5. The third-order valence-corrected chi connectivity index (χ3v) is 7.05. The summed E-state index contributed by atoms with van der Waals surface area (Å²) in [7, 11) is -3.76. The van der Waals surface area contributed by atoms with Crippen LogP contribution < -0.4 is 4.72 Å². The molecule has 0 aliphatic carbocycles. The van der Waals surface area contributed by atoms with Gasteiger partial charge in [0.05, 0.1) is 38.6 Å². The first-order valence-electron chi connectivity index (χ1n) is 9.24. The number of nitrogens with zero attached hydrogens (tertiary/aromatic N) is 2. The molecular formula is C22H19Cl2N3O2S. The van der Waals surface area contributed by atoms with Crippen LogP contribution in [0.3, 0.4) is 0 Å². The SMILES string of the molecule is Cc1nn(Cc2ccc(Cl)c(Cl)c2)c(C)c1NS(=O)(=O)c1ccc2ccccc2c1. The van der Waals surface area contributed by atoms with E-state index in [1.165, 1.54) is 0 Å². The van der Waals surface area contributed by atoms with E-state index in [-0.39, 0.29) is 4.90 Å². The summed E-state index contributed by atoms with van der Waals surface area (Å²) in [6.45, 7) is 4.05. The summed E-state index contributed by atoms with van der Waals surface area (Å²) in [5.74, 6) is 0. The van der Waals surface area contributed by atoms with Crippen molar-refractivity contribution in [1.29, 1.82) is 0 Å². The zero-order valence-corrected chi connectivity index (χ0v) is 18.7. The van der Waals surface area contributed by atoms with Crippen LogP contribution in [0.4, 0.5) is 5.69 Å². The first-order chi connectivity index (χ1) is 14.2. The number of fused-ring (bicyclic) bond motifs is 1. The molecule has 0 atom stereocenters. The predicted molar refractivity (Wildman–Crippen MR) is 122 cm³/mol. The van der Waals surface area contributed by atoms with Crippen molar-refractivity contribution >= 4 is 49.7 Å². The van der Waals surface area contributed by atoms with E-state index < -0.39 is 10.0 Å². The number of hydrogen-bond donors (Lipinski definition) is 1. The first kappa shape index (κ1) is 20.7. The minimum Gasteiger partial charge on any atom is -0.276 e. The van der Waals surface area contributed by atoms with Gasteiger partial charge in [-0.1, -0.05) is 59.6 Å². The van der Waals surface area contributed by atoms with Crippen LogP contribution in [0.1, 0.15) is 17.0 Å². The van der Waals surface area contributed by atoms with E-state index in [4.69, 9.17) is 23.2 Å². The Kier molecular flexibility index (Phi) is 5.49. The zero-order valence-electron chi connectivity index (χ0n) is 16.4. The molecule has 5 nitrogen and oxygen atoms in total. The van der Waals surface area contributed by atoms with E-state index in [1.807, 2.05) is 37.3 Å². The molecule has 0 fully saturated rings. The fraction of sp³-hybridized carbons (Fsp3) is 0.136. The molecule has 0 radical (unpaired) electrons. The van der Waals surface area contributed by atoms with Gasteiger partial charge in [-0.2, -0.15) is 5.10 Å². The van der Waals surface area contributed by atoms with E-state index in [0.29, 0.717) is 33.7 Å². The Morgan fingerprint density at radius 2 is 1.67 bits per heavy atom. The van der Waals surface area contributed by atoms with Crippen molar-refractivity contribution in [2.24, 2.45) is 0 Å². The Balaban J connectivity index is 1.64. The largest absolute Gasteiger partial charge is 0.276 e. The fourth-order valence-electron chi connectivity index (χ4n) is 3.34. The van der Waals surface area contributed by atoms with Crippen molar-refractivity contribution in [3.63, 3.8) is 0 Å². The molecule has 0 aliphatic rings. The minimum absolute atomic E-state index is 0.206. The van der Waals surface area contributed by atoms with Crippen LogP contribution in [-0.4, -0.2) is 18.2 Å². The van der Waals surface area contributed by atoms with Gasteiger partial charge in [0.2, 0.25) is 0 Å². The molecule has 0 saturated carbocycles. The second-order valence-corrected chi connectivity index (χ2v) is 9.56. The Bertz CT molecular complexity index is 1360. The molecule has 154 valence electrons. The maximum absolute atomic E-state index is 13.0. The van der Waals surface area contributed by atoms with Gasteiger partial charge >= 0.3 is 0 Å². The molecule has 0 aliphatic heterocycles. The van der Waals surface area contributed by atoms with Gasteiger partial charge in [0.1, 0.15) is 0 Å². The number of aromatic nitrogens is 2. The van der Waals surface area contributed by atoms with Gasteiger partial charge in [-0.15, -0.1) is 0 Å². The Labute approximate surface area is 185 Å². The number of sulfonamides is 1. The van der Waals surface area contributed by atoms with Crippen molar-refractivity contribution in [2.75, 3.05) is 4.72 Å². The number of rotatable bonds is 5. The fourth-order valence-corrected chi connectivity index (χ4v) is 4.87. The molecule has 0 spiro atoms. The normalized spacial score (nSPS) is 11.7. The summed E-state index contributed by atoms with van der Waals surface area (Å²) in [4.78, 5) is 0.206. The second-order valence-electron chi connectivity index (χ2n) is 7.07. The lowest BCUT2D eigenvalue weighted by atomic mass is 10.1. The summed E-state index contributed by atoms with van der Waals surface area (Å²) in [6, 6.07) is 18.1. The Hall–Kier alpha value is -2.54. The zero-order chi connectivity index (χ0) is 21.5. The molecule has 1 aromatic heterocycles. The maximum atomic E-state index is 13.0. The highest BCUT2D eigenvalue weighted by Crippen LogP contribution is 2.27. The predicted octanol–water partition coefficient (Wildman–Crippen LogP) is 5.81. The minimum atomic E-state index is -3.76. The van der Waals surface area contributed by atoms with Crippen molar-refractivity contribution in [1.82, 2.24) is 9.78 Å². The number of halogens is 2. The average molecular weight is 460 g/mol. The van der Waals surface area contributed by atoms with E-state index in [0.717, 1.165) is 16.3 Å². The average Bonchev–Trinajstić information content (AvgIpc) is 2.97. The van der Waals surface area contributed by atoms with Crippen molar-refractivity contribution in [3.05, 3.63) is 87.7 Å². The number of aryl methyl sites for hydroxylation is 1. The molecule has 1 N–H and O–H groups in total. The molecule has 4 rings (SSSR count). The molecule has 3 aromatic carbocycles. The standard InChI is InChI=1S/C22H19Cl2N3O2S/c1-14-22(15(2)27(25-14)13-16-7-10-20(23)21(24)11-16)26-30(28,29)19-9-8-17-5-3-4-6-18(17)12-19/h3-12,26H,13H2,1-2H3. The second kappa shape index (κ2) is 7.95. The van der Waals surface area contributed by atoms with Crippen LogP contribution in [0, 0.1) is 13.8 Å². The molecule has 8 heteroatoms. The van der Waals surface area contributed by atoms with Gasteiger partial charge in [-0.3, -0.25) is 9.40 Å². The number of hydrogen-bond acceptors (Lipinski definition) is 3. The third-order valence-electron chi connectivity index (χ3n) is 4.97. The molecule has 0 amide bonds. The summed E-state index contributed by atoms with van der Waals surface area (Å²) >= 11 is 12.1. The van der Waals surface area contributed by atoms with Gasteiger partial charge in [-0.05, 0) is 54.4 Å². The first-order valence-corrected chi connectivity index (χ1v) is 11.5. The molecule has 0 unspecified atom stereocenters. The topological polar surface area (TPSA) is 64.0 Å². The van der Waals surface area contributed by atoms with Gasteiger partial charge < -0.3 is 0 Å². The van der Waals surface area contributed by atoms with Crippen LogP contribution in [0.5, 0.6) is 0 Å². The van der Waals surface area contributed by atoms with Gasteiger partial charge in [-0.25, -0.2) is 8.42 Å². The lowest BCUT2D eigenvalue weighted by Gasteiger charge is -2.10. The van der Waals surface area contributed by atoms with Crippen molar-refractivity contribution in [2.45, 2.75) is 25.3 Å². The summed E-state index contributed by atoms with van der Waals surface area (Å²) in [5.41, 5.74) is 2.70. The van der Waals surface area contributed by atoms with Gasteiger partial charge in [0, 0.05) is 0 Å². The lowest BCUT2D eigenvalue weighted by molar-refractivity contribution is 0.601. The third kappa shape index (κ3) is 4.03. The van der Waals surface area contributed by atoms with Gasteiger partial charge in [0.15, 0.2) is 0 Å². The van der Waals surface area contributed by atoms with E-state index in [1.54, 1.807) is 41.9 Å².